The van der Waals surface area contributed by atoms with Crippen LogP contribution in [0.5, 0.6) is 0 Å². The van der Waals surface area contributed by atoms with E-state index in [1.54, 1.807) is 0 Å². The molecule has 1 saturated heterocycles. The van der Waals surface area contributed by atoms with E-state index in [-0.39, 0.29) is 5.91 Å². The van der Waals surface area contributed by atoms with Crippen LogP contribution in [0.3, 0.4) is 0 Å². The van der Waals surface area contributed by atoms with Crippen molar-refractivity contribution in [3.05, 3.63) is 69.7 Å². The second kappa shape index (κ2) is 7.42. The molecular weight excluding hydrogens is 346 g/mol. The number of halogens is 1. The minimum atomic E-state index is -0.604. The van der Waals surface area contributed by atoms with Gasteiger partial charge < -0.3 is 10.1 Å². The Balaban J connectivity index is 1.55. The Morgan fingerprint density at radius 3 is 2.65 bits per heavy atom. The lowest BCUT2D eigenvalue weighted by Crippen LogP contribution is -2.48. The van der Waals surface area contributed by atoms with Gasteiger partial charge in [-0.2, -0.15) is 0 Å². The van der Waals surface area contributed by atoms with Gasteiger partial charge in [0.15, 0.2) is 0 Å². The van der Waals surface area contributed by atoms with Gasteiger partial charge in [-0.15, -0.1) is 0 Å². The van der Waals surface area contributed by atoms with Gasteiger partial charge in [-0.05, 0) is 60.4 Å². The van der Waals surface area contributed by atoms with E-state index in [2.05, 4.69) is 23.5 Å². The molecule has 2 aliphatic rings. The highest BCUT2D eigenvalue weighted by atomic mass is 35.5. The molecule has 3 nitrogen and oxygen atoms in total. The second-order valence-electron chi connectivity index (χ2n) is 7.31. The molecule has 0 aromatic heterocycles. The number of rotatable bonds is 4. The predicted octanol–water partition coefficient (Wildman–Crippen LogP) is 4.19. The minimum Gasteiger partial charge on any atom is -0.381 e. The molecule has 0 saturated carbocycles. The lowest BCUT2D eigenvalue weighted by atomic mass is 9.73. The van der Waals surface area contributed by atoms with Crippen LogP contribution in [0.15, 0.2) is 42.5 Å². The molecule has 136 valence electrons. The van der Waals surface area contributed by atoms with Crippen LogP contribution in [-0.2, 0) is 34.3 Å². The first-order chi connectivity index (χ1) is 12.7. The summed E-state index contributed by atoms with van der Waals surface area (Å²) in [5.41, 5.74) is 4.37. The van der Waals surface area contributed by atoms with Crippen LogP contribution in [0.4, 0.5) is 0 Å². The zero-order valence-electron chi connectivity index (χ0n) is 14.9. The maximum absolute atomic E-state index is 13.3. The molecule has 0 radical (unpaired) electrons. The van der Waals surface area contributed by atoms with E-state index in [1.165, 1.54) is 29.5 Å². The molecular formula is C22H24ClNO2. The first-order valence-electron chi connectivity index (χ1n) is 9.41. The van der Waals surface area contributed by atoms with E-state index in [9.17, 15) is 4.79 Å². The van der Waals surface area contributed by atoms with Crippen molar-refractivity contribution in [3.63, 3.8) is 0 Å². The summed E-state index contributed by atoms with van der Waals surface area (Å²) in [6.45, 7) is 1.72. The average Bonchev–Trinajstić information content (AvgIpc) is 3.15. The lowest BCUT2D eigenvalue weighted by molar-refractivity contribution is -0.130. The van der Waals surface area contributed by atoms with Crippen molar-refractivity contribution >= 4 is 17.5 Å². The zero-order valence-corrected chi connectivity index (χ0v) is 15.6. The summed E-state index contributed by atoms with van der Waals surface area (Å²) >= 11 is 6.45. The number of ether oxygens (including phenoxy) is 1. The summed E-state index contributed by atoms with van der Waals surface area (Å²) in [7, 11) is 0. The Morgan fingerprint density at radius 2 is 1.85 bits per heavy atom. The van der Waals surface area contributed by atoms with Gasteiger partial charge in [0.2, 0.25) is 5.91 Å². The van der Waals surface area contributed by atoms with E-state index in [0.717, 1.165) is 12.0 Å². The number of hydrogen-bond acceptors (Lipinski definition) is 2. The van der Waals surface area contributed by atoms with E-state index in [0.29, 0.717) is 37.6 Å². The van der Waals surface area contributed by atoms with Crippen molar-refractivity contribution < 1.29 is 9.53 Å². The van der Waals surface area contributed by atoms with Crippen LogP contribution in [0.25, 0.3) is 0 Å². The van der Waals surface area contributed by atoms with Crippen LogP contribution >= 0.6 is 11.6 Å². The maximum Gasteiger partial charge on any atom is 0.231 e. The van der Waals surface area contributed by atoms with Crippen molar-refractivity contribution in [1.82, 2.24) is 5.32 Å². The fourth-order valence-electron chi connectivity index (χ4n) is 4.27. The Hall–Kier alpha value is -1.84. The number of carbonyl (C=O) groups is 1. The van der Waals surface area contributed by atoms with Gasteiger partial charge in [-0.25, -0.2) is 0 Å². The molecule has 4 rings (SSSR count). The Kier molecular flexibility index (Phi) is 5.01. The molecule has 2 aromatic carbocycles. The molecule has 0 bridgehead atoms. The standard InChI is InChI=1S/C22H24ClNO2/c23-20-7-2-1-6-19(20)22(10-12-26-13-11-22)21(25)24-15-16-8-9-17-4-3-5-18(17)14-16/h1-2,6-9,14H,3-5,10-13,15H2,(H,24,25). The summed E-state index contributed by atoms with van der Waals surface area (Å²) in [5, 5.41) is 3.83. The quantitative estimate of drug-likeness (QED) is 0.877. The number of hydrogen-bond donors (Lipinski definition) is 1. The molecule has 1 heterocycles. The molecule has 1 aliphatic carbocycles. The van der Waals surface area contributed by atoms with Gasteiger partial charge >= 0.3 is 0 Å². The smallest absolute Gasteiger partial charge is 0.231 e. The number of fused-ring (bicyclic) bond motifs is 1. The van der Waals surface area contributed by atoms with Gasteiger partial charge in [0.25, 0.3) is 0 Å². The van der Waals surface area contributed by atoms with Gasteiger partial charge in [-0.3, -0.25) is 4.79 Å². The van der Waals surface area contributed by atoms with Crippen LogP contribution in [0.1, 0.15) is 41.5 Å². The normalized spacial score (nSPS) is 18.3. The Morgan fingerprint density at radius 1 is 1.08 bits per heavy atom. The fraction of sp³-hybridized carbons (Fsp3) is 0.409. The molecule has 1 fully saturated rings. The van der Waals surface area contributed by atoms with Gasteiger partial charge in [0.05, 0.1) is 5.41 Å². The van der Waals surface area contributed by atoms with Crippen molar-refractivity contribution in [2.75, 3.05) is 13.2 Å². The fourth-order valence-corrected chi connectivity index (χ4v) is 4.59. The number of amides is 1. The van der Waals surface area contributed by atoms with Crippen LogP contribution in [-0.4, -0.2) is 19.1 Å². The van der Waals surface area contributed by atoms with E-state index in [1.807, 2.05) is 24.3 Å². The lowest BCUT2D eigenvalue weighted by Gasteiger charge is -2.36. The Bertz CT molecular complexity index is 812. The molecule has 26 heavy (non-hydrogen) atoms. The second-order valence-corrected chi connectivity index (χ2v) is 7.72. The molecule has 1 N–H and O–H groups in total. The van der Waals surface area contributed by atoms with E-state index in [4.69, 9.17) is 16.3 Å². The molecule has 1 amide bonds. The maximum atomic E-state index is 13.3. The third-order valence-corrected chi connectivity index (χ3v) is 6.12. The third-order valence-electron chi connectivity index (χ3n) is 5.79. The summed E-state index contributed by atoms with van der Waals surface area (Å²) in [4.78, 5) is 13.3. The first kappa shape index (κ1) is 17.6. The van der Waals surface area contributed by atoms with Gasteiger partial charge in [0.1, 0.15) is 0 Å². The van der Waals surface area contributed by atoms with Crippen molar-refractivity contribution in [2.24, 2.45) is 0 Å². The van der Waals surface area contributed by atoms with Crippen molar-refractivity contribution in [3.8, 4) is 0 Å². The molecule has 0 unspecified atom stereocenters. The summed E-state index contributed by atoms with van der Waals surface area (Å²) in [5.74, 6) is 0.0504. The highest BCUT2D eigenvalue weighted by molar-refractivity contribution is 6.31. The molecule has 1 aliphatic heterocycles. The molecule has 0 atom stereocenters. The third kappa shape index (κ3) is 3.26. The zero-order chi connectivity index (χ0) is 18.0. The topological polar surface area (TPSA) is 38.3 Å². The molecule has 4 heteroatoms. The number of aryl methyl sites for hydroxylation is 2. The van der Waals surface area contributed by atoms with E-state index < -0.39 is 5.41 Å². The van der Waals surface area contributed by atoms with Gasteiger partial charge in [0, 0.05) is 24.8 Å². The number of benzene rings is 2. The van der Waals surface area contributed by atoms with Crippen molar-refractivity contribution in [1.29, 1.82) is 0 Å². The van der Waals surface area contributed by atoms with Crippen molar-refractivity contribution in [2.45, 2.75) is 44.1 Å². The average molecular weight is 370 g/mol. The summed E-state index contributed by atoms with van der Waals surface area (Å²) in [6.07, 6.45) is 4.88. The summed E-state index contributed by atoms with van der Waals surface area (Å²) < 4.78 is 5.53. The van der Waals surface area contributed by atoms with Gasteiger partial charge in [-0.1, -0.05) is 48.0 Å². The Labute approximate surface area is 159 Å². The number of carbonyl (C=O) groups excluding carboxylic acids is 1. The van der Waals surface area contributed by atoms with Crippen LogP contribution in [0, 0.1) is 0 Å². The predicted molar refractivity (Wildman–Crippen MR) is 103 cm³/mol. The monoisotopic (exact) mass is 369 g/mol. The van der Waals surface area contributed by atoms with Crippen LogP contribution < -0.4 is 5.32 Å². The summed E-state index contributed by atoms with van der Waals surface area (Å²) in [6, 6.07) is 14.3. The highest BCUT2D eigenvalue weighted by Gasteiger charge is 2.42. The largest absolute Gasteiger partial charge is 0.381 e. The number of nitrogens with one attached hydrogen (secondary N) is 1. The molecule has 2 aromatic rings. The minimum absolute atomic E-state index is 0.0504. The molecule has 0 spiro atoms. The van der Waals surface area contributed by atoms with E-state index >= 15 is 0 Å². The first-order valence-corrected chi connectivity index (χ1v) is 9.79. The SMILES string of the molecule is O=C(NCc1ccc2c(c1)CCC2)C1(c2ccccc2Cl)CCOCC1. The van der Waals surface area contributed by atoms with Crippen LogP contribution in [0.2, 0.25) is 5.02 Å². The highest BCUT2D eigenvalue weighted by Crippen LogP contribution is 2.39.